The molecule has 2 rings (SSSR count). The van der Waals surface area contributed by atoms with Gasteiger partial charge in [-0.15, -0.1) is 11.3 Å². The first-order valence-corrected chi connectivity index (χ1v) is 5.42. The van der Waals surface area contributed by atoms with Gasteiger partial charge >= 0.3 is 0 Å². The van der Waals surface area contributed by atoms with E-state index in [-0.39, 0.29) is 5.75 Å². The van der Waals surface area contributed by atoms with E-state index in [0.29, 0.717) is 6.42 Å². The zero-order valence-electron chi connectivity index (χ0n) is 8.30. The molecule has 0 aliphatic rings. The van der Waals surface area contributed by atoms with E-state index in [1.54, 1.807) is 36.8 Å². The van der Waals surface area contributed by atoms with Crippen molar-refractivity contribution in [2.75, 3.05) is 7.11 Å². The second-order valence-corrected chi connectivity index (χ2v) is 4.08. The third-order valence-corrected chi connectivity index (χ3v) is 2.89. The number of aromatic hydroxyl groups is 1. The smallest absolute Gasteiger partial charge is 0.119 e. The first-order valence-electron chi connectivity index (χ1n) is 4.54. The molecule has 0 radical (unpaired) electrons. The van der Waals surface area contributed by atoms with Crippen LogP contribution in [0, 0.1) is 0 Å². The van der Waals surface area contributed by atoms with Crippen molar-refractivity contribution in [3.05, 3.63) is 40.3 Å². The average molecular weight is 221 g/mol. The van der Waals surface area contributed by atoms with Crippen molar-refractivity contribution >= 4 is 11.3 Å². The summed E-state index contributed by atoms with van der Waals surface area (Å²) in [5, 5.41) is 12.6. The Morgan fingerprint density at radius 1 is 1.47 bits per heavy atom. The lowest BCUT2D eigenvalue weighted by atomic mass is 10.1. The molecule has 2 aromatic rings. The van der Waals surface area contributed by atoms with Crippen LogP contribution in [0.2, 0.25) is 0 Å². The van der Waals surface area contributed by atoms with E-state index >= 15 is 0 Å². The monoisotopic (exact) mass is 221 g/mol. The number of aromatic nitrogens is 1. The van der Waals surface area contributed by atoms with Crippen LogP contribution in [0.25, 0.3) is 0 Å². The fourth-order valence-corrected chi connectivity index (χ4v) is 1.97. The van der Waals surface area contributed by atoms with Gasteiger partial charge < -0.3 is 9.84 Å². The molecule has 0 unspecified atom stereocenters. The first-order chi connectivity index (χ1) is 7.29. The molecule has 0 fully saturated rings. The number of hydrogen-bond acceptors (Lipinski definition) is 4. The topological polar surface area (TPSA) is 42.4 Å². The summed E-state index contributed by atoms with van der Waals surface area (Å²) in [4.78, 5) is 4.17. The Labute approximate surface area is 92.0 Å². The van der Waals surface area contributed by atoms with E-state index < -0.39 is 0 Å². The van der Waals surface area contributed by atoms with E-state index in [0.717, 1.165) is 16.3 Å². The van der Waals surface area contributed by atoms with Crippen molar-refractivity contribution in [2.24, 2.45) is 0 Å². The van der Waals surface area contributed by atoms with Gasteiger partial charge in [-0.1, -0.05) is 0 Å². The summed E-state index contributed by atoms with van der Waals surface area (Å²) in [7, 11) is 1.61. The lowest BCUT2D eigenvalue weighted by Gasteiger charge is -2.05. The van der Waals surface area contributed by atoms with Gasteiger partial charge in [0.25, 0.3) is 0 Å². The van der Waals surface area contributed by atoms with Crippen molar-refractivity contribution in [1.82, 2.24) is 4.98 Å². The minimum atomic E-state index is 0.283. The average Bonchev–Trinajstić information content (AvgIpc) is 2.74. The number of hydrogen-bond donors (Lipinski definition) is 1. The van der Waals surface area contributed by atoms with Crippen LogP contribution in [0.15, 0.2) is 29.8 Å². The summed E-state index contributed by atoms with van der Waals surface area (Å²) in [6.45, 7) is 0. The molecule has 0 spiro atoms. The molecule has 0 aliphatic heterocycles. The van der Waals surface area contributed by atoms with E-state index in [1.807, 2.05) is 11.4 Å². The molecule has 0 saturated heterocycles. The number of phenolic OH excluding ortho intramolecular Hbond substituents is 1. The van der Waals surface area contributed by atoms with Crippen molar-refractivity contribution in [1.29, 1.82) is 0 Å². The number of methoxy groups -OCH3 is 1. The fourth-order valence-electron chi connectivity index (χ4n) is 1.33. The zero-order chi connectivity index (χ0) is 10.7. The molecule has 0 atom stereocenters. The van der Waals surface area contributed by atoms with Crippen LogP contribution in [-0.2, 0) is 6.42 Å². The van der Waals surface area contributed by atoms with Gasteiger partial charge in [-0.05, 0) is 18.2 Å². The summed E-state index contributed by atoms with van der Waals surface area (Å²) in [5.74, 6) is 1.03. The first kappa shape index (κ1) is 9.98. The standard InChI is InChI=1S/C11H11NO2S/c1-14-9-2-3-10(13)8(6-9)7-11-12-4-5-15-11/h2-6,13H,7H2,1H3. The van der Waals surface area contributed by atoms with Gasteiger partial charge in [-0.2, -0.15) is 0 Å². The molecular weight excluding hydrogens is 210 g/mol. The lowest BCUT2D eigenvalue weighted by Crippen LogP contribution is -1.90. The molecule has 78 valence electrons. The van der Waals surface area contributed by atoms with E-state index in [9.17, 15) is 5.11 Å². The summed E-state index contributed by atoms with van der Waals surface area (Å²) >= 11 is 1.58. The summed E-state index contributed by atoms with van der Waals surface area (Å²) in [6.07, 6.45) is 2.40. The van der Waals surface area contributed by atoms with Gasteiger partial charge in [-0.3, -0.25) is 0 Å². The van der Waals surface area contributed by atoms with Gasteiger partial charge in [0.05, 0.1) is 12.1 Å². The van der Waals surface area contributed by atoms with Crippen molar-refractivity contribution < 1.29 is 9.84 Å². The predicted molar refractivity (Wildman–Crippen MR) is 59.6 cm³/mol. The highest BCUT2D eigenvalue weighted by Crippen LogP contribution is 2.25. The molecule has 1 aromatic carbocycles. The molecule has 1 N–H and O–H groups in total. The number of thiazole rings is 1. The van der Waals surface area contributed by atoms with Crippen LogP contribution in [-0.4, -0.2) is 17.2 Å². The number of benzene rings is 1. The normalized spacial score (nSPS) is 10.2. The maximum Gasteiger partial charge on any atom is 0.119 e. The molecule has 0 amide bonds. The second kappa shape index (κ2) is 4.31. The van der Waals surface area contributed by atoms with Crippen LogP contribution in [0.1, 0.15) is 10.6 Å². The van der Waals surface area contributed by atoms with Gasteiger partial charge in [0, 0.05) is 23.6 Å². The molecule has 0 bridgehead atoms. The third kappa shape index (κ3) is 2.27. The number of phenols is 1. The fraction of sp³-hybridized carbons (Fsp3) is 0.182. The van der Waals surface area contributed by atoms with Crippen LogP contribution < -0.4 is 4.74 Å². The van der Waals surface area contributed by atoms with Crippen LogP contribution >= 0.6 is 11.3 Å². The highest BCUT2D eigenvalue weighted by atomic mass is 32.1. The van der Waals surface area contributed by atoms with Gasteiger partial charge in [0.15, 0.2) is 0 Å². The number of rotatable bonds is 3. The molecule has 0 aliphatic carbocycles. The molecule has 3 nitrogen and oxygen atoms in total. The van der Waals surface area contributed by atoms with Gasteiger partial charge in [0.1, 0.15) is 11.5 Å². The van der Waals surface area contributed by atoms with Gasteiger partial charge in [-0.25, -0.2) is 4.98 Å². The minimum Gasteiger partial charge on any atom is -0.508 e. The maximum atomic E-state index is 9.65. The second-order valence-electron chi connectivity index (χ2n) is 3.10. The molecule has 0 saturated carbocycles. The summed E-state index contributed by atoms with van der Waals surface area (Å²) < 4.78 is 5.10. The lowest BCUT2D eigenvalue weighted by molar-refractivity contribution is 0.411. The SMILES string of the molecule is COc1ccc(O)c(Cc2nccs2)c1. The molecular formula is C11H11NO2S. The highest BCUT2D eigenvalue weighted by molar-refractivity contribution is 7.09. The number of nitrogens with zero attached hydrogens (tertiary/aromatic N) is 1. The largest absolute Gasteiger partial charge is 0.508 e. The third-order valence-electron chi connectivity index (χ3n) is 2.11. The minimum absolute atomic E-state index is 0.283. The van der Waals surface area contributed by atoms with E-state index in [2.05, 4.69) is 4.98 Å². The molecule has 1 heterocycles. The van der Waals surface area contributed by atoms with E-state index in [4.69, 9.17) is 4.74 Å². The highest BCUT2D eigenvalue weighted by Gasteiger charge is 2.05. The summed E-state index contributed by atoms with van der Waals surface area (Å²) in [6, 6.07) is 5.21. The van der Waals surface area contributed by atoms with Crippen molar-refractivity contribution in [3.8, 4) is 11.5 Å². The Morgan fingerprint density at radius 2 is 2.33 bits per heavy atom. The van der Waals surface area contributed by atoms with Crippen LogP contribution in [0.4, 0.5) is 0 Å². The predicted octanol–water partition coefficient (Wildman–Crippen LogP) is 2.45. The van der Waals surface area contributed by atoms with Crippen LogP contribution in [0.5, 0.6) is 11.5 Å². The van der Waals surface area contributed by atoms with E-state index in [1.165, 1.54) is 0 Å². The Bertz CT molecular complexity index is 440. The van der Waals surface area contributed by atoms with Crippen LogP contribution in [0.3, 0.4) is 0 Å². The molecule has 15 heavy (non-hydrogen) atoms. The Morgan fingerprint density at radius 3 is 3.00 bits per heavy atom. The van der Waals surface area contributed by atoms with Gasteiger partial charge in [0.2, 0.25) is 0 Å². The molecule has 4 heteroatoms. The maximum absolute atomic E-state index is 9.65. The van der Waals surface area contributed by atoms with Crippen molar-refractivity contribution in [3.63, 3.8) is 0 Å². The zero-order valence-corrected chi connectivity index (χ0v) is 9.12. The Kier molecular flexibility index (Phi) is 2.87. The quantitative estimate of drug-likeness (QED) is 0.865. The Hall–Kier alpha value is -1.55. The molecule has 1 aromatic heterocycles. The van der Waals surface area contributed by atoms with Crippen molar-refractivity contribution in [2.45, 2.75) is 6.42 Å². The summed E-state index contributed by atoms with van der Waals surface area (Å²) in [5.41, 5.74) is 0.837. The Balaban J connectivity index is 2.27. The number of ether oxygens (including phenoxy) is 1.